The molecule has 0 fully saturated rings. The van der Waals surface area contributed by atoms with Crippen molar-refractivity contribution in [3.63, 3.8) is 0 Å². The molecule has 0 atom stereocenters. The van der Waals surface area contributed by atoms with Gasteiger partial charge >= 0.3 is 0 Å². The quantitative estimate of drug-likeness (QED) is 0.866. The number of hydrogen-bond acceptors (Lipinski definition) is 5. The molecule has 1 heterocycles. The molecule has 0 amide bonds. The largest absolute Gasteiger partial charge is 0.495 e. The summed E-state index contributed by atoms with van der Waals surface area (Å²) in [6, 6.07) is 3.33. The van der Waals surface area contributed by atoms with Crippen molar-refractivity contribution in [2.24, 2.45) is 0 Å². The standard InChI is InChI=1S/C9H9ClN4O2S/c1-15-7-4-6(8(16-2)3-5(7)10)14-9(17)11-12-13-14/h3-4H,1-2H3,(H,11,13,17). The van der Waals surface area contributed by atoms with Crippen LogP contribution in [0.4, 0.5) is 0 Å². The highest BCUT2D eigenvalue weighted by Gasteiger charge is 2.12. The Balaban J connectivity index is 2.67. The minimum Gasteiger partial charge on any atom is -0.495 e. The van der Waals surface area contributed by atoms with Gasteiger partial charge in [0.2, 0.25) is 4.77 Å². The zero-order chi connectivity index (χ0) is 12.4. The van der Waals surface area contributed by atoms with Gasteiger partial charge in [-0.25, -0.2) is 4.68 Å². The van der Waals surface area contributed by atoms with Crippen LogP contribution in [0.15, 0.2) is 12.1 Å². The fraction of sp³-hybridized carbons (Fsp3) is 0.222. The highest BCUT2D eigenvalue weighted by molar-refractivity contribution is 7.71. The van der Waals surface area contributed by atoms with E-state index in [9.17, 15) is 0 Å². The molecule has 90 valence electrons. The maximum Gasteiger partial charge on any atom is 0.243 e. The first-order chi connectivity index (χ1) is 8.17. The number of H-pyrrole nitrogens is 1. The van der Waals surface area contributed by atoms with Crippen LogP contribution in [0.5, 0.6) is 11.5 Å². The number of aromatic nitrogens is 4. The van der Waals surface area contributed by atoms with Gasteiger partial charge < -0.3 is 9.47 Å². The molecule has 2 aromatic rings. The van der Waals surface area contributed by atoms with Gasteiger partial charge in [-0.3, -0.25) is 0 Å². The van der Waals surface area contributed by atoms with Crippen LogP contribution in [0.1, 0.15) is 0 Å². The number of benzene rings is 1. The van der Waals surface area contributed by atoms with Crippen molar-refractivity contribution >= 4 is 23.8 Å². The van der Waals surface area contributed by atoms with Crippen molar-refractivity contribution in [2.45, 2.75) is 0 Å². The molecular weight excluding hydrogens is 264 g/mol. The van der Waals surface area contributed by atoms with Crippen LogP contribution >= 0.6 is 23.8 Å². The Labute approximate surface area is 107 Å². The first kappa shape index (κ1) is 11.9. The molecule has 0 bridgehead atoms. The molecule has 17 heavy (non-hydrogen) atoms. The number of nitrogens with one attached hydrogen (secondary N) is 1. The monoisotopic (exact) mass is 272 g/mol. The van der Waals surface area contributed by atoms with Gasteiger partial charge in [0, 0.05) is 12.1 Å². The van der Waals surface area contributed by atoms with Crippen LogP contribution < -0.4 is 9.47 Å². The average Bonchev–Trinajstić information content (AvgIpc) is 2.75. The van der Waals surface area contributed by atoms with Gasteiger partial charge in [0.25, 0.3) is 0 Å². The minimum absolute atomic E-state index is 0.285. The van der Waals surface area contributed by atoms with Gasteiger partial charge in [-0.1, -0.05) is 21.9 Å². The summed E-state index contributed by atoms with van der Waals surface area (Å²) < 4.78 is 12.1. The number of ether oxygens (including phenoxy) is 2. The second-order valence-corrected chi connectivity index (χ2v) is 3.85. The number of rotatable bonds is 3. The van der Waals surface area contributed by atoms with Crippen LogP contribution in [0.2, 0.25) is 5.02 Å². The topological polar surface area (TPSA) is 65.0 Å². The highest BCUT2D eigenvalue weighted by Crippen LogP contribution is 2.34. The Morgan fingerprint density at radius 2 is 2.00 bits per heavy atom. The molecule has 0 aliphatic rings. The third kappa shape index (κ3) is 2.11. The Morgan fingerprint density at radius 1 is 1.29 bits per heavy atom. The summed E-state index contributed by atoms with van der Waals surface area (Å²) in [6.07, 6.45) is 0. The van der Waals surface area contributed by atoms with E-state index in [0.29, 0.717) is 22.2 Å². The molecule has 0 aliphatic heterocycles. The van der Waals surface area contributed by atoms with E-state index < -0.39 is 0 Å². The molecule has 8 heteroatoms. The van der Waals surface area contributed by atoms with E-state index in [4.69, 9.17) is 33.3 Å². The lowest BCUT2D eigenvalue weighted by Gasteiger charge is -2.11. The average molecular weight is 273 g/mol. The lowest BCUT2D eigenvalue weighted by atomic mass is 10.2. The smallest absolute Gasteiger partial charge is 0.243 e. The van der Waals surface area contributed by atoms with Crippen LogP contribution in [-0.4, -0.2) is 34.4 Å². The molecule has 6 nitrogen and oxygen atoms in total. The molecule has 1 aromatic carbocycles. The second kappa shape index (κ2) is 4.72. The lowest BCUT2D eigenvalue weighted by molar-refractivity contribution is 0.400. The van der Waals surface area contributed by atoms with E-state index in [-0.39, 0.29) is 4.77 Å². The summed E-state index contributed by atoms with van der Waals surface area (Å²) in [5, 5.41) is 10.4. The predicted octanol–water partition coefficient (Wildman–Crippen LogP) is 2.00. The predicted molar refractivity (Wildman–Crippen MR) is 64.7 cm³/mol. The van der Waals surface area contributed by atoms with E-state index >= 15 is 0 Å². The minimum atomic E-state index is 0.285. The van der Waals surface area contributed by atoms with Crippen molar-refractivity contribution < 1.29 is 9.47 Å². The SMILES string of the molecule is COc1cc(-n2[nH]nnc2=S)c(OC)cc1Cl. The van der Waals surface area contributed by atoms with E-state index in [1.54, 1.807) is 12.1 Å². The fourth-order valence-corrected chi connectivity index (χ4v) is 1.78. The summed E-state index contributed by atoms with van der Waals surface area (Å²) >= 11 is 11.0. The highest BCUT2D eigenvalue weighted by atomic mass is 35.5. The third-order valence-electron chi connectivity index (χ3n) is 2.17. The fourth-order valence-electron chi connectivity index (χ4n) is 1.37. The van der Waals surface area contributed by atoms with Crippen molar-refractivity contribution in [3.8, 4) is 17.2 Å². The van der Waals surface area contributed by atoms with Crippen molar-refractivity contribution in [1.82, 2.24) is 20.2 Å². The Bertz CT molecular complexity index is 595. The Morgan fingerprint density at radius 3 is 2.53 bits per heavy atom. The van der Waals surface area contributed by atoms with Gasteiger partial charge in [0.1, 0.15) is 17.2 Å². The van der Waals surface area contributed by atoms with Crippen molar-refractivity contribution in [3.05, 3.63) is 21.9 Å². The van der Waals surface area contributed by atoms with E-state index in [1.807, 2.05) is 0 Å². The first-order valence-corrected chi connectivity index (χ1v) is 5.38. The molecule has 0 radical (unpaired) electrons. The molecule has 0 unspecified atom stereocenters. The summed E-state index contributed by atoms with van der Waals surface area (Å²) in [4.78, 5) is 0. The molecule has 0 saturated carbocycles. The van der Waals surface area contributed by atoms with Crippen LogP contribution in [0.3, 0.4) is 0 Å². The van der Waals surface area contributed by atoms with Crippen LogP contribution in [0, 0.1) is 4.77 Å². The number of hydrogen-bond donors (Lipinski definition) is 1. The summed E-state index contributed by atoms with van der Waals surface area (Å²) in [7, 11) is 3.07. The number of nitrogens with zero attached hydrogens (tertiary/aromatic N) is 3. The van der Waals surface area contributed by atoms with Gasteiger partial charge in [-0.2, -0.15) is 5.21 Å². The summed E-state index contributed by atoms with van der Waals surface area (Å²) in [5.74, 6) is 1.05. The summed E-state index contributed by atoms with van der Waals surface area (Å²) in [5.41, 5.74) is 0.628. The Hall–Kier alpha value is -1.60. The maximum atomic E-state index is 6.00. The molecular formula is C9H9ClN4O2S. The number of tetrazole rings is 1. The zero-order valence-electron chi connectivity index (χ0n) is 9.10. The summed E-state index contributed by atoms with van der Waals surface area (Å²) in [6.45, 7) is 0. The van der Waals surface area contributed by atoms with Gasteiger partial charge in [-0.15, -0.1) is 0 Å². The lowest BCUT2D eigenvalue weighted by Crippen LogP contribution is -2.01. The van der Waals surface area contributed by atoms with Crippen LogP contribution in [0.25, 0.3) is 5.69 Å². The number of aromatic amines is 1. The number of methoxy groups -OCH3 is 2. The number of halogens is 1. The Kier molecular flexibility index (Phi) is 3.30. The zero-order valence-corrected chi connectivity index (χ0v) is 10.7. The third-order valence-corrected chi connectivity index (χ3v) is 2.73. The van der Waals surface area contributed by atoms with E-state index in [0.717, 1.165) is 0 Å². The van der Waals surface area contributed by atoms with Crippen LogP contribution in [-0.2, 0) is 0 Å². The van der Waals surface area contributed by atoms with Gasteiger partial charge in [0.15, 0.2) is 0 Å². The second-order valence-electron chi connectivity index (χ2n) is 3.08. The maximum absolute atomic E-state index is 6.00. The van der Waals surface area contributed by atoms with Gasteiger partial charge in [-0.05, 0) is 12.2 Å². The molecule has 1 N–H and O–H groups in total. The molecule has 0 aliphatic carbocycles. The molecule has 0 saturated heterocycles. The molecule has 2 rings (SSSR count). The normalized spacial score (nSPS) is 10.3. The first-order valence-electron chi connectivity index (χ1n) is 4.59. The van der Waals surface area contributed by atoms with Gasteiger partial charge in [0.05, 0.1) is 19.2 Å². The molecule has 0 spiro atoms. The van der Waals surface area contributed by atoms with Crippen molar-refractivity contribution in [2.75, 3.05) is 14.2 Å². The van der Waals surface area contributed by atoms with E-state index in [2.05, 4.69) is 15.5 Å². The van der Waals surface area contributed by atoms with E-state index in [1.165, 1.54) is 18.9 Å². The molecule has 1 aromatic heterocycles. The van der Waals surface area contributed by atoms with Crippen molar-refractivity contribution in [1.29, 1.82) is 0 Å².